The summed E-state index contributed by atoms with van der Waals surface area (Å²) >= 11 is 0. The number of carbonyl (C=O) groups excluding carboxylic acids is 2. The fourth-order valence-electron chi connectivity index (χ4n) is 3.00. The maximum atomic E-state index is 12.2. The van der Waals surface area contributed by atoms with Crippen molar-refractivity contribution < 1.29 is 14.3 Å². The summed E-state index contributed by atoms with van der Waals surface area (Å²) in [5.74, 6) is 0. The van der Waals surface area contributed by atoms with Crippen LogP contribution in [0.25, 0.3) is 10.9 Å². The SMILES string of the molecule is CC(C)(C)OC(=O)N1CCN(c2cccc3[nH]cc(C=O)c23)CC1. The van der Waals surface area contributed by atoms with Gasteiger partial charge in [0.05, 0.1) is 0 Å². The Morgan fingerprint density at radius 1 is 1.21 bits per heavy atom. The molecule has 128 valence electrons. The van der Waals surface area contributed by atoms with Crippen LogP contribution in [-0.2, 0) is 4.74 Å². The third-order valence-electron chi connectivity index (χ3n) is 4.11. The van der Waals surface area contributed by atoms with Crippen LogP contribution < -0.4 is 4.90 Å². The number of hydrogen-bond donors (Lipinski definition) is 1. The number of anilines is 1. The molecule has 0 saturated carbocycles. The molecule has 0 aliphatic carbocycles. The lowest BCUT2D eigenvalue weighted by molar-refractivity contribution is 0.0240. The number of amides is 1. The molecule has 1 aromatic heterocycles. The standard InChI is InChI=1S/C18H23N3O3/c1-18(2,3)24-17(23)21-9-7-20(8-10-21)15-6-4-5-14-16(15)13(12-22)11-19-14/h4-6,11-12,19H,7-10H2,1-3H3. The third-order valence-corrected chi connectivity index (χ3v) is 4.11. The molecule has 1 aliphatic rings. The second-order valence-corrected chi connectivity index (χ2v) is 7.02. The second-order valence-electron chi connectivity index (χ2n) is 7.02. The van der Waals surface area contributed by atoms with Crippen LogP contribution in [0.3, 0.4) is 0 Å². The number of piperazine rings is 1. The number of aromatic nitrogens is 1. The van der Waals surface area contributed by atoms with Crippen LogP contribution in [0.2, 0.25) is 0 Å². The number of ether oxygens (including phenoxy) is 1. The predicted molar refractivity (Wildman–Crippen MR) is 93.7 cm³/mol. The summed E-state index contributed by atoms with van der Waals surface area (Å²) in [6.07, 6.45) is 2.34. The van der Waals surface area contributed by atoms with E-state index in [1.807, 2.05) is 39.0 Å². The average Bonchev–Trinajstić information content (AvgIpc) is 2.96. The monoisotopic (exact) mass is 329 g/mol. The van der Waals surface area contributed by atoms with Crippen LogP contribution in [0.4, 0.5) is 10.5 Å². The molecule has 0 radical (unpaired) electrons. The minimum absolute atomic E-state index is 0.268. The molecule has 0 unspecified atom stereocenters. The zero-order valence-corrected chi connectivity index (χ0v) is 14.3. The van der Waals surface area contributed by atoms with Crippen LogP contribution in [-0.4, -0.2) is 54.0 Å². The number of nitrogens with zero attached hydrogens (tertiary/aromatic N) is 2. The van der Waals surface area contributed by atoms with E-state index in [0.717, 1.165) is 22.9 Å². The van der Waals surface area contributed by atoms with Crippen molar-refractivity contribution in [1.82, 2.24) is 9.88 Å². The molecule has 1 aliphatic heterocycles. The number of rotatable bonds is 2. The molecule has 1 saturated heterocycles. The molecular weight excluding hydrogens is 306 g/mol. The fourth-order valence-corrected chi connectivity index (χ4v) is 3.00. The topological polar surface area (TPSA) is 65.6 Å². The fraction of sp³-hybridized carbons (Fsp3) is 0.444. The van der Waals surface area contributed by atoms with Crippen LogP contribution in [0.5, 0.6) is 0 Å². The van der Waals surface area contributed by atoms with E-state index in [-0.39, 0.29) is 6.09 Å². The maximum Gasteiger partial charge on any atom is 0.410 e. The Morgan fingerprint density at radius 3 is 2.54 bits per heavy atom. The van der Waals surface area contributed by atoms with Crippen molar-refractivity contribution in [2.24, 2.45) is 0 Å². The predicted octanol–water partition coefficient (Wildman–Crippen LogP) is 3.04. The average molecular weight is 329 g/mol. The van der Waals surface area contributed by atoms with Gasteiger partial charge in [-0.25, -0.2) is 4.79 Å². The lowest BCUT2D eigenvalue weighted by Gasteiger charge is -2.37. The number of aromatic amines is 1. The Morgan fingerprint density at radius 2 is 1.92 bits per heavy atom. The third kappa shape index (κ3) is 3.22. The zero-order chi connectivity index (χ0) is 17.3. The quantitative estimate of drug-likeness (QED) is 0.860. The first-order chi connectivity index (χ1) is 11.4. The second kappa shape index (κ2) is 6.19. The number of carbonyl (C=O) groups is 2. The highest BCUT2D eigenvalue weighted by Gasteiger charge is 2.26. The van der Waals surface area contributed by atoms with Crippen molar-refractivity contribution in [3.63, 3.8) is 0 Å². The number of nitrogens with one attached hydrogen (secondary N) is 1. The van der Waals surface area contributed by atoms with E-state index in [1.165, 1.54) is 0 Å². The first kappa shape index (κ1) is 16.4. The van der Waals surface area contributed by atoms with Crippen molar-refractivity contribution in [1.29, 1.82) is 0 Å². The Kier molecular flexibility index (Phi) is 4.22. The molecule has 2 heterocycles. The van der Waals surface area contributed by atoms with Gasteiger partial charge in [-0.05, 0) is 32.9 Å². The number of hydrogen-bond acceptors (Lipinski definition) is 4. The summed E-state index contributed by atoms with van der Waals surface area (Å²) in [6.45, 7) is 8.24. The van der Waals surface area contributed by atoms with E-state index >= 15 is 0 Å². The molecule has 1 fully saturated rings. The maximum absolute atomic E-state index is 12.2. The number of fused-ring (bicyclic) bond motifs is 1. The van der Waals surface area contributed by atoms with Gasteiger partial charge < -0.3 is 19.5 Å². The van der Waals surface area contributed by atoms with Crippen LogP contribution in [0, 0.1) is 0 Å². The van der Waals surface area contributed by atoms with Crippen molar-refractivity contribution in [2.75, 3.05) is 31.1 Å². The molecule has 2 aromatic rings. The van der Waals surface area contributed by atoms with Crippen molar-refractivity contribution in [3.8, 4) is 0 Å². The minimum Gasteiger partial charge on any atom is -0.444 e. The molecule has 0 atom stereocenters. The van der Waals surface area contributed by atoms with Gasteiger partial charge in [-0.3, -0.25) is 4.79 Å². The smallest absolute Gasteiger partial charge is 0.410 e. The van der Waals surface area contributed by atoms with Crippen LogP contribution in [0.1, 0.15) is 31.1 Å². The Balaban J connectivity index is 1.75. The number of aldehydes is 1. The Hall–Kier alpha value is -2.50. The molecule has 3 rings (SSSR count). The molecule has 1 aromatic carbocycles. The molecule has 24 heavy (non-hydrogen) atoms. The first-order valence-corrected chi connectivity index (χ1v) is 8.17. The van der Waals surface area contributed by atoms with Gasteiger partial charge in [0.1, 0.15) is 5.60 Å². The molecule has 6 heteroatoms. The minimum atomic E-state index is -0.482. The largest absolute Gasteiger partial charge is 0.444 e. The summed E-state index contributed by atoms with van der Waals surface area (Å²) in [5.41, 5.74) is 2.16. The lowest BCUT2D eigenvalue weighted by atomic mass is 10.1. The number of benzene rings is 1. The van der Waals surface area contributed by atoms with Gasteiger partial charge in [0.15, 0.2) is 6.29 Å². The van der Waals surface area contributed by atoms with E-state index in [1.54, 1.807) is 11.1 Å². The van der Waals surface area contributed by atoms with Gasteiger partial charge in [0.2, 0.25) is 0 Å². The Bertz CT molecular complexity index is 752. The van der Waals surface area contributed by atoms with E-state index in [9.17, 15) is 9.59 Å². The summed E-state index contributed by atoms with van der Waals surface area (Å²) in [4.78, 5) is 30.5. The van der Waals surface area contributed by atoms with Gasteiger partial charge in [-0.1, -0.05) is 6.07 Å². The molecule has 0 bridgehead atoms. The van der Waals surface area contributed by atoms with Crippen molar-refractivity contribution >= 4 is 29.0 Å². The summed E-state index contributed by atoms with van der Waals surface area (Å²) in [7, 11) is 0. The van der Waals surface area contributed by atoms with Gasteiger partial charge >= 0.3 is 6.09 Å². The summed E-state index contributed by atoms with van der Waals surface area (Å²) < 4.78 is 5.43. The van der Waals surface area contributed by atoms with Gasteiger partial charge in [-0.2, -0.15) is 0 Å². The number of H-pyrrole nitrogens is 1. The summed E-state index contributed by atoms with van der Waals surface area (Å²) in [5, 5.41) is 0.943. The van der Waals surface area contributed by atoms with Gasteiger partial charge in [0.25, 0.3) is 0 Å². The van der Waals surface area contributed by atoms with E-state index in [2.05, 4.69) is 9.88 Å². The molecule has 0 spiro atoms. The highest BCUT2D eigenvalue weighted by molar-refractivity contribution is 6.04. The molecule has 1 amide bonds. The lowest BCUT2D eigenvalue weighted by Crippen LogP contribution is -2.50. The van der Waals surface area contributed by atoms with Gasteiger partial charge in [-0.15, -0.1) is 0 Å². The van der Waals surface area contributed by atoms with Crippen LogP contribution >= 0.6 is 0 Å². The highest BCUT2D eigenvalue weighted by Crippen LogP contribution is 2.29. The van der Waals surface area contributed by atoms with Crippen molar-refractivity contribution in [3.05, 3.63) is 30.0 Å². The van der Waals surface area contributed by atoms with E-state index in [0.29, 0.717) is 31.7 Å². The van der Waals surface area contributed by atoms with E-state index < -0.39 is 5.60 Å². The van der Waals surface area contributed by atoms with Crippen molar-refractivity contribution in [2.45, 2.75) is 26.4 Å². The Labute approximate surface area is 141 Å². The van der Waals surface area contributed by atoms with Crippen LogP contribution in [0.15, 0.2) is 24.4 Å². The van der Waals surface area contributed by atoms with Gasteiger partial charge in [0, 0.05) is 54.5 Å². The first-order valence-electron chi connectivity index (χ1n) is 8.17. The normalized spacial score (nSPS) is 15.6. The molecular formula is C18H23N3O3. The highest BCUT2D eigenvalue weighted by atomic mass is 16.6. The van der Waals surface area contributed by atoms with E-state index in [4.69, 9.17) is 4.74 Å². The molecule has 1 N–H and O–H groups in total. The zero-order valence-electron chi connectivity index (χ0n) is 14.3. The summed E-state index contributed by atoms with van der Waals surface area (Å²) in [6, 6.07) is 5.96. The molecule has 6 nitrogen and oxygen atoms in total.